The molecule has 0 saturated carbocycles. The predicted octanol–water partition coefficient (Wildman–Crippen LogP) is -5.29. The first-order chi connectivity index (χ1) is 27.2. The molecule has 0 fully saturated rings. The number of fused-ring (bicyclic) bond motifs is 2. The third kappa shape index (κ3) is 16.4. The van der Waals surface area contributed by atoms with Crippen molar-refractivity contribution in [1.29, 1.82) is 0 Å². The molecule has 2 aromatic rings. The fourth-order valence-corrected chi connectivity index (χ4v) is 9.97. The molecule has 4 rings (SSSR count). The van der Waals surface area contributed by atoms with Crippen molar-refractivity contribution in [3.8, 4) is 0 Å². The Balaban J connectivity index is 0.00000641. The summed E-state index contributed by atoms with van der Waals surface area (Å²) in [4.78, 5) is 5.93. The predicted molar refractivity (Wildman–Crippen MR) is 226 cm³/mol. The van der Waals surface area contributed by atoms with Crippen LogP contribution in [0.1, 0.15) is 78.4 Å². The number of rotatable bonds is 22. The number of anilines is 3. The van der Waals surface area contributed by atoms with Crippen molar-refractivity contribution in [3.05, 3.63) is 71.5 Å². The molecule has 0 radical (unpaired) electrons. The van der Waals surface area contributed by atoms with Gasteiger partial charge in [-0.2, -0.15) is 4.58 Å². The third-order valence-corrected chi connectivity index (χ3v) is 14.1. The zero-order chi connectivity index (χ0) is 44.2. The van der Waals surface area contributed by atoms with Crippen LogP contribution in [0.25, 0.3) is 0 Å². The number of benzene rings is 2. The summed E-state index contributed by atoms with van der Waals surface area (Å²) < 4.78 is 139. The Morgan fingerprint density at radius 2 is 1.08 bits per heavy atom. The molecule has 2 aliphatic rings. The molecule has 0 aliphatic carbocycles. The van der Waals surface area contributed by atoms with E-state index < -0.39 is 74.3 Å². The summed E-state index contributed by atoms with van der Waals surface area (Å²) in [6.45, 7) is 14.1. The summed E-state index contributed by atoms with van der Waals surface area (Å²) in [6, 6.07) is 11.6. The maximum atomic E-state index is 11.6. The minimum absolute atomic E-state index is 0. The van der Waals surface area contributed by atoms with Crippen molar-refractivity contribution in [2.75, 3.05) is 77.0 Å². The van der Waals surface area contributed by atoms with Gasteiger partial charge in [-0.1, -0.05) is 19.9 Å². The first kappa shape index (κ1) is 59.6. The van der Waals surface area contributed by atoms with E-state index in [9.17, 15) is 51.9 Å². The SMILES string of the molecule is CCN(CCCS(=O)(=O)[O-])c1ccc2c(c1)C(C)(C)C(C=C/C=C1/N(CCCS(=O)(=O)[O-])c3ccc(N(CC)CCCS(=O)(=O)[O-])cc3C1(C)C)=[N+]2CCCS(=O)(=O)[O-].[Na+].[Na+].[Na+]. The van der Waals surface area contributed by atoms with Crippen molar-refractivity contribution in [2.24, 2.45) is 0 Å². The smallest absolute Gasteiger partial charge is 0.748 e. The largest absolute Gasteiger partial charge is 1.00 e. The standard InChI is InChI=1S/C39H58N4O12S4.3Na/c1-7-40(20-10-24-56(44,45)46)30-16-18-34-32(28-30)38(3,4)36(42(34)22-12-26-58(50,51)52)14-9-15-37-39(5,6)33-29-31(41(8-2)21-11-25-57(47,48)49)17-19-35(33)43(37)23-13-27-59(53,54)55;;;/h9,14-19,28-29H,7-8,10-13,20-27H2,1-6H3,(H3-,44,45,46,47,48,49,50,51,52,53,54,55);;;/q;3*+1/p-3. The van der Waals surface area contributed by atoms with Crippen molar-refractivity contribution in [3.63, 3.8) is 0 Å². The van der Waals surface area contributed by atoms with E-state index in [1.165, 1.54) is 0 Å². The molecule has 330 valence electrons. The van der Waals surface area contributed by atoms with Crippen LogP contribution in [0.5, 0.6) is 0 Å². The number of hydrogen-bond acceptors (Lipinski definition) is 15. The summed E-state index contributed by atoms with van der Waals surface area (Å²) >= 11 is 0. The van der Waals surface area contributed by atoms with Crippen LogP contribution in [0.4, 0.5) is 22.7 Å². The van der Waals surface area contributed by atoms with Gasteiger partial charge in [-0.05, 0) is 88.9 Å². The Hall–Kier alpha value is -0.370. The van der Waals surface area contributed by atoms with E-state index >= 15 is 0 Å². The number of allylic oxidation sites excluding steroid dienone is 4. The van der Waals surface area contributed by atoms with E-state index in [0.717, 1.165) is 45.3 Å². The minimum atomic E-state index is -4.48. The van der Waals surface area contributed by atoms with Gasteiger partial charge in [0, 0.05) is 108 Å². The summed E-state index contributed by atoms with van der Waals surface area (Å²) in [5, 5.41) is 0. The van der Waals surface area contributed by atoms with Gasteiger partial charge in [0.15, 0.2) is 5.71 Å². The summed E-state index contributed by atoms with van der Waals surface area (Å²) in [7, 11) is -17.7. The van der Waals surface area contributed by atoms with Crippen LogP contribution in [0.2, 0.25) is 0 Å². The van der Waals surface area contributed by atoms with Crippen LogP contribution in [0.15, 0.2) is 60.3 Å². The molecule has 0 bridgehead atoms. The average molecular weight is 969 g/mol. The maximum Gasteiger partial charge on any atom is 1.00 e. The van der Waals surface area contributed by atoms with Crippen LogP contribution in [0, 0.1) is 0 Å². The van der Waals surface area contributed by atoms with Gasteiger partial charge >= 0.3 is 88.7 Å². The van der Waals surface area contributed by atoms with Crippen LogP contribution < -0.4 is 103 Å². The second-order valence-corrected chi connectivity index (χ2v) is 22.0. The second kappa shape index (κ2) is 24.1. The van der Waals surface area contributed by atoms with Crippen LogP contribution in [0.3, 0.4) is 0 Å². The molecule has 0 saturated heterocycles. The molecule has 2 heterocycles. The minimum Gasteiger partial charge on any atom is -0.748 e. The Morgan fingerprint density at radius 3 is 1.56 bits per heavy atom. The van der Waals surface area contributed by atoms with Crippen LogP contribution in [-0.2, 0) is 51.3 Å². The van der Waals surface area contributed by atoms with Gasteiger partial charge in [0.25, 0.3) is 0 Å². The summed E-state index contributed by atoms with van der Waals surface area (Å²) in [6.07, 6.45) is 6.14. The molecular weight excluding hydrogens is 914 g/mol. The van der Waals surface area contributed by atoms with Gasteiger partial charge in [-0.25, -0.2) is 33.7 Å². The van der Waals surface area contributed by atoms with Crippen molar-refractivity contribution in [1.82, 2.24) is 0 Å². The first-order valence-corrected chi connectivity index (χ1v) is 25.8. The fraction of sp³-hybridized carbons (Fsp3) is 0.564. The fourth-order valence-electron chi connectivity index (χ4n) is 8.04. The van der Waals surface area contributed by atoms with Gasteiger partial charge in [0.2, 0.25) is 5.69 Å². The zero-order valence-corrected chi connectivity index (χ0v) is 46.7. The molecule has 2 aromatic carbocycles. The van der Waals surface area contributed by atoms with Gasteiger partial charge in [-0.3, -0.25) is 0 Å². The van der Waals surface area contributed by atoms with E-state index in [0.29, 0.717) is 26.2 Å². The molecule has 2 aliphatic heterocycles. The Kier molecular flexibility index (Phi) is 23.2. The molecule has 0 aromatic heterocycles. The molecular formula is C39H55N4Na3O12S4. The topological polar surface area (TPSA) is 242 Å². The number of nitrogens with zero attached hydrogens (tertiary/aromatic N) is 4. The maximum absolute atomic E-state index is 11.6. The Labute approximate surface area is 435 Å². The monoisotopic (exact) mass is 968 g/mol. The van der Waals surface area contributed by atoms with E-state index in [1.54, 1.807) is 0 Å². The molecule has 62 heavy (non-hydrogen) atoms. The normalized spacial score (nSPS) is 16.4. The van der Waals surface area contributed by atoms with E-state index in [4.69, 9.17) is 0 Å². The molecule has 0 amide bonds. The first-order valence-electron chi connectivity index (χ1n) is 19.5. The van der Waals surface area contributed by atoms with Crippen molar-refractivity contribution in [2.45, 2.75) is 78.1 Å². The van der Waals surface area contributed by atoms with E-state index in [-0.39, 0.29) is 127 Å². The van der Waals surface area contributed by atoms with Gasteiger partial charge in [-0.15, -0.1) is 0 Å². The average Bonchev–Trinajstić information content (AvgIpc) is 3.44. The van der Waals surface area contributed by atoms with E-state index in [1.807, 2.05) is 115 Å². The molecule has 0 unspecified atom stereocenters. The third-order valence-electron chi connectivity index (χ3n) is 10.9. The quantitative estimate of drug-likeness (QED) is 0.0609. The van der Waals surface area contributed by atoms with Crippen molar-refractivity contribution >= 4 is 68.9 Å². The van der Waals surface area contributed by atoms with Crippen LogP contribution >= 0.6 is 0 Å². The van der Waals surface area contributed by atoms with Crippen molar-refractivity contribution < 1.29 is 145 Å². The molecule has 0 N–H and O–H groups in total. The van der Waals surface area contributed by atoms with Gasteiger partial charge in [0.1, 0.15) is 6.54 Å². The van der Waals surface area contributed by atoms with Gasteiger partial charge < -0.3 is 32.9 Å². The van der Waals surface area contributed by atoms with E-state index in [2.05, 4.69) is 0 Å². The van der Waals surface area contributed by atoms with Gasteiger partial charge in [0.05, 0.1) is 45.9 Å². The Bertz CT molecular complexity index is 2430. The summed E-state index contributed by atoms with van der Waals surface area (Å²) in [5.74, 6) is -2.08. The molecule has 0 spiro atoms. The second-order valence-electron chi connectivity index (χ2n) is 15.9. The Morgan fingerprint density at radius 1 is 0.629 bits per heavy atom. The summed E-state index contributed by atoms with van der Waals surface area (Å²) in [5.41, 5.74) is 5.40. The van der Waals surface area contributed by atoms with Crippen LogP contribution in [-0.4, -0.2) is 124 Å². The molecule has 16 nitrogen and oxygen atoms in total. The number of hydrogen-bond donors (Lipinski definition) is 0. The molecule has 0 atom stereocenters. The zero-order valence-electron chi connectivity index (χ0n) is 37.4. The molecule has 23 heteroatoms.